The number of benzene rings is 1. The molecule has 3 aliphatic carbocycles. The van der Waals surface area contributed by atoms with Crippen molar-refractivity contribution in [2.45, 2.75) is 116 Å². The fourth-order valence-electron chi connectivity index (χ4n) is 9.16. The van der Waals surface area contributed by atoms with Crippen molar-refractivity contribution in [2.24, 2.45) is 29.1 Å². The van der Waals surface area contributed by atoms with Crippen LogP contribution >= 0.6 is 0 Å². The SMILES string of the molecule is COc1ccc2nc3c(nc2c1)O[C@H]1CN(C(=O)[C@H](C2(C)CCCC2)NC(=O)O[C@@H]2CC4CC4[C@H]2CCCCC3)[C@H](C(C)=O)[C@@H]1C. The lowest BCUT2D eigenvalue weighted by Gasteiger charge is -2.37. The summed E-state index contributed by atoms with van der Waals surface area (Å²) in [6.07, 6.45) is 9.46. The highest BCUT2D eigenvalue weighted by Gasteiger charge is 2.55. The average Bonchev–Trinajstić information content (AvgIpc) is 3.31. The summed E-state index contributed by atoms with van der Waals surface area (Å²) in [5, 5.41) is 3.06. The predicted molar refractivity (Wildman–Crippen MR) is 171 cm³/mol. The number of rotatable bonds is 3. The highest BCUT2D eigenvalue weighted by Crippen LogP contribution is 2.57. The number of carbonyl (C=O) groups is 3. The first-order chi connectivity index (χ1) is 22.1. The van der Waals surface area contributed by atoms with Crippen LogP contribution in [-0.4, -0.2) is 70.6 Å². The van der Waals surface area contributed by atoms with Crippen molar-refractivity contribution in [3.8, 4) is 11.6 Å². The Bertz CT molecular complexity index is 1510. The largest absolute Gasteiger partial charge is 0.497 e. The number of fused-ring (bicyclic) bond motifs is 7. The molecular weight excluding hydrogens is 584 g/mol. The third-order valence-electron chi connectivity index (χ3n) is 11.9. The summed E-state index contributed by atoms with van der Waals surface area (Å²) in [5.41, 5.74) is 1.82. The molecule has 2 aliphatic heterocycles. The first-order valence-electron chi connectivity index (χ1n) is 17.4. The van der Waals surface area contributed by atoms with Crippen molar-refractivity contribution in [1.82, 2.24) is 20.2 Å². The molecule has 3 heterocycles. The number of hydrogen-bond donors (Lipinski definition) is 1. The Balaban J connectivity index is 1.25. The van der Waals surface area contributed by atoms with Gasteiger partial charge in [0, 0.05) is 12.0 Å². The van der Waals surface area contributed by atoms with Gasteiger partial charge >= 0.3 is 6.09 Å². The Morgan fingerprint density at radius 1 is 1.00 bits per heavy atom. The zero-order valence-electron chi connectivity index (χ0n) is 27.6. The van der Waals surface area contributed by atoms with Gasteiger partial charge in [0.05, 0.1) is 30.7 Å². The van der Waals surface area contributed by atoms with E-state index in [1.165, 1.54) is 13.3 Å². The molecule has 0 radical (unpaired) electrons. The van der Waals surface area contributed by atoms with E-state index in [2.05, 4.69) is 12.2 Å². The average molecular weight is 633 g/mol. The second-order valence-electron chi connectivity index (χ2n) is 14.9. The molecule has 8 atom stereocenters. The summed E-state index contributed by atoms with van der Waals surface area (Å²) >= 11 is 0. The number of aryl methyl sites for hydroxylation is 1. The van der Waals surface area contributed by atoms with Crippen LogP contribution in [-0.2, 0) is 20.7 Å². The number of hydrogen-bond acceptors (Lipinski definition) is 8. The summed E-state index contributed by atoms with van der Waals surface area (Å²) in [5.74, 6) is 2.16. The van der Waals surface area contributed by atoms with Gasteiger partial charge < -0.3 is 24.4 Å². The Kier molecular flexibility index (Phi) is 8.34. The van der Waals surface area contributed by atoms with Crippen LogP contribution in [0.3, 0.4) is 0 Å². The fourth-order valence-corrected chi connectivity index (χ4v) is 9.16. The Hall–Kier alpha value is -3.43. The van der Waals surface area contributed by atoms with Gasteiger partial charge in [-0.1, -0.05) is 39.5 Å². The molecular formula is C36H48N4O6. The van der Waals surface area contributed by atoms with Crippen LogP contribution in [0.5, 0.6) is 11.6 Å². The molecule has 2 amide bonds. The second-order valence-corrected chi connectivity index (χ2v) is 14.9. The van der Waals surface area contributed by atoms with Gasteiger partial charge in [0.25, 0.3) is 0 Å². The fraction of sp³-hybridized carbons (Fsp3) is 0.694. The van der Waals surface area contributed by atoms with Gasteiger partial charge in [-0.05, 0) is 87.2 Å². The molecule has 4 fully saturated rings. The maximum Gasteiger partial charge on any atom is 0.408 e. The van der Waals surface area contributed by atoms with E-state index >= 15 is 0 Å². The minimum Gasteiger partial charge on any atom is -0.497 e. The summed E-state index contributed by atoms with van der Waals surface area (Å²) in [6.45, 7) is 5.80. The van der Waals surface area contributed by atoms with Gasteiger partial charge in [-0.25, -0.2) is 14.8 Å². The number of Topliss-reactive ketones (excluding diaryl/α,β-unsaturated/α-hetero) is 1. The predicted octanol–water partition coefficient (Wildman–Crippen LogP) is 5.64. The number of ether oxygens (including phenoxy) is 3. The Morgan fingerprint density at radius 3 is 2.57 bits per heavy atom. The first kappa shape index (κ1) is 31.2. The van der Waals surface area contributed by atoms with Crippen LogP contribution in [0.25, 0.3) is 11.0 Å². The van der Waals surface area contributed by atoms with Gasteiger partial charge in [-0.15, -0.1) is 0 Å². The van der Waals surface area contributed by atoms with E-state index in [0.29, 0.717) is 41.3 Å². The Morgan fingerprint density at radius 2 is 1.80 bits per heavy atom. The second kappa shape index (κ2) is 12.3. The van der Waals surface area contributed by atoms with Crippen LogP contribution in [0.4, 0.5) is 4.79 Å². The molecule has 0 spiro atoms. The van der Waals surface area contributed by atoms with E-state index in [9.17, 15) is 14.4 Å². The van der Waals surface area contributed by atoms with Crippen LogP contribution < -0.4 is 14.8 Å². The standard InChI is InChI=1S/C36H48N4O6/c1-20-30-19-40(31(20)21(2)41)34(42)32(36(3)14-8-9-15-36)39-35(43)46-29-17-22-16-25(22)24(29)10-6-5-7-11-27-33(45-30)38-28-18-23(44-4)12-13-26(28)37-27/h12-13,18,20,22,24-25,29-32H,5-11,14-17,19H2,1-4H3,(H,39,43)/t20-,22?,24-,25?,29-,30+,31+,32-/m1/s1. The number of aromatic nitrogens is 2. The van der Waals surface area contributed by atoms with Gasteiger partial charge in [0.15, 0.2) is 5.78 Å². The minimum absolute atomic E-state index is 0.0988. The molecule has 7 rings (SSSR count). The summed E-state index contributed by atoms with van der Waals surface area (Å²) in [6, 6.07) is 4.20. The molecule has 1 aromatic heterocycles. The number of methoxy groups -OCH3 is 1. The zero-order valence-corrected chi connectivity index (χ0v) is 27.6. The topological polar surface area (TPSA) is 120 Å². The molecule has 5 aliphatic rings. The summed E-state index contributed by atoms with van der Waals surface area (Å²) in [4.78, 5) is 52.9. The molecule has 10 heteroatoms. The van der Waals surface area contributed by atoms with Gasteiger partial charge in [0.1, 0.15) is 29.7 Å². The van der Waals surface area contributed by atoms with Gasteiger partial charge in [0.2, 0.25) is 11.8 Å². The first-order valence-corrected chi connectivity index (χ1v) is 17.4. The summed E-state index contributed by atoms with van der Waals surface area (Å²) < 4.78 is 18.3. The van der Waals surface area contributed by atoms with Crippen LogP contribution in [0.15, 0.2) is 18.2 Å². The molecule has 2 unspecified atom stereocenters. The highest BCUT2D eigenvalue weighted by molar-refractivity contribution is 5.92. The molecule has 10 nitrogen and oxygen atoms in total. The quantitative estimate of drug-likeness (QED) is 0.462. The molecule has 46 heavy (non-hydrogen) atoms. The molecule has 248 valence electrons. The molecule has 2 aromatic rings. The van der Waals surface area contributed by atoms with Crippen LogP contribution in [0.1, 0.15) is 90.7 Å². The molecule has 2 bridgehead atoms. The third-order valence-corrected chi connectivity index (χ3v) is 11.9. The number of nitrogens with zero attached hydrogens (tertiary/aromatic N) is 3. The lowest BCUT2D eigenvalue weighted by atomic mass is 9.79. The molecule has 1 saturated heterocycles. The number of nitrogens with one attached hydrogen (secondary N) is 1. The van der Waals surface area contributed by atoms with Gasteiger partial charge in [-0.2, -0.15) is 0 Å². The maximum atomic E-state index is 14.6. The minimum atomic E-state index is -0.785. The Labute approximate surface area is 271 Å². The number of amides is 2. The van der Waals surface area contributed by atoms with E-state index in [0.717, 1.165) is 69.0 Å². The number of carbonyl (C=O) groups excluding carboxylic acids is 3. The van der Waals surface area contributed by atoms with E-state index in [1.54, 1.807) is 12.0 Å². The van der Waals surface area contributed by atoms with Crippen molar-refractivity contribution in [3.05, 3.63) is 23.9 Å². The van der Waals surface area contributed by atoms with E-state index in [4.69, 9.17) is 24.2 Å². The maximum absolute atomic E-state index is 14.6. The van der Waals surface area contributed by atoms with Crippen LogP contribution in [0, 0.1) is 29.1 Å². The lowest BCUT2D eigenvalue weighted by molar-refractivity contribution is -0.142. The van der Waals surface area contributed by atoms with Crippen molar-refractivity contribution in [1.29, 1.82) is 0 Å². The van der Waals surface area contributed by atoms with Crippen molar-refractivity contribution < 1.29 is 28.6 Å². The number of alkyl carbamates (subject to hydrolysis) is 1. The van der Waals surface area contributed by atoms with Crippen LogP contribution in [0.2, 0.25) is 0 Å². The molecule has 1 N–H and O–H groups in total. The van der Waals surface area contributed by atoms with Crippen molar-refractivity contribution in [3.63, 3.8) is 0 Å². The molecule has 1 aromatic carbocycles. The van der Waals surface area contributed by atoms with Crippen molar-refractivity contribution >= 4 is 28.8 Å². The number of ketones is 1. The van der Waals surface area contributed by atoms with E-state index in [-0.39, 0.29) is 30.3 Å². The van der Waals surface area contributed by atoms with E-state index in [1.807, 2.05) is 25.1 Å². The smallest absolute Gasteiger partial charge is 0.408 e. The monoisotopic (exact) mass is 632 g/mol. The highest BCUT2D eigenvalue weighted by atomic mass is 16.6. The summed E-state index contributed by atoms with van der Waals surface area (Å²) in [7, 11) is 1.62. The van der Waals surface area contributed by atoms with Crippen molar-refractivity contribution in [2.75, 3.05) is 13.7 Å². The van der Waals surface area contributed by atoms with Gasteiger partial charge in [-0.3, -0.25) is 9.59 Å². The van der Waals surface area contributed by atoms with E-state index < -0.39 is 29.7 Å². The zero-order chi connectivity index (χ0) is 32.2. The normalized spacial score (nSPS) is 34.3. The lowest BCUT2D eigenvalue weighted by Crippen LogP contribution is -2.58. The third kappa shape index (κ3) is 5.81. The molecule has 3 saturated carbocycles.